The number of allylic oxidation sites excluding steroid dienone is 2. The van der Waals surface area contributed by atoms with E-state index in [9.17, 15) is 4.79 Å². The molecule has 1 aliphatic heterocycles. The number of rotatable bonds is 8. The van der Waals surface area contributed by atoms with Gasteiger partial charge in [0.1, 0.15) is 0 Å². The molecule has 0 saturated heterocycles. The van der Waals surface area contributed by atoms with Gasteiger partial charge in [-0.15, -0.1) is 0 Å². The Morgan fingerprint density at radius 2 is 1.87 bits per heavy atom. The Bertz CT molecular complexity index is 1200. The van der Waals surface area contributed by atoms with Crippen LogP contribution < -0.4 is 31.5 Å². The molecule has 0 amide bonds. The van der Waals surface area contributed by atoms with Gasteiger partial charge in [-0.3, -0.25) is 0 Å². The topological polar surface area (TPSA) is 40.5 Å². The van der Waals surface area contributed by atoms with Gasteiger partial charge in [-0.2, -0.15) is 0 Å². The summed E-state index contributed by atoms with van der Waals surface area (Å²) in [6.45, 7) is 1.55. The van der Waals surface area contributed by atoms with Crippen molar-refractivity contribution in [2.24, 2.45) is 0 Å². The summed E-state index contributed by atoms with van der Waals surface area (Å²) >= 11 is 6.14. The quantitative estimate of drug-likeness (QED) is 0.407. The molecule has 0 N–H and O–H groups in total. The van der Waals surface area contributed by atoms with Crippen LogP contribution in [0.15, 0.2) is 91.4 Å². The van der Waals surface area contributed by atoms with Gasteiger partial charge < -0.3 is 0 Å². The number of nitrogens with zero attached hydrogens (tertiary/aromatic N) is 1. The van der Waals surface area contributed by atoms with Crippen molar-refractivity contribution in [1.29, 1.82) is 0 Å². The molecule has 0 unspecified atom stereocenters. The molecule has 0 radical (unpaired) electrons. The van der Waals surface area contributed by atoms with Crippen molar-refractivity contribution in [3.05, 3.63) is 108 Å². The van der Waals surface area contributed by atoms with Gasteiger partial charge in [0, 0.05) is 0 Å². The van der Waals surface area contributed by atoms with Crippen molar-refractivity contribution in [2.75, 3.05) is 13.2 Å². The summed E-state index contributed by atoms with van der Waals surface area (Å²) in [5, 5.41) is 1.54. The van der Waals surface area contributed by atoms with E-state index in [1.54, 1.807) is 4.57 Å². The Morgan fingerprint density at radius 1 is 1.00 bits per heavy atom. The number of ether oxygens (including phenoxy) is 2. The summed E-state index contributed by atoms with van der Waals surface area (Å²) in [5.74, 6) is 0.777. The third-order valence-corrected chi connectivity index (χ3v) is 6.98. The molecular formula is C25H22ClINO3-. The molecule has 1 aromatic heterocycles. The average molecular weight is 547 g/mol. The zero-order valence-corrected chi connectivity index (χ0v) is 19.8. The van der Waals surface area contributed by atoms with Crippen LogP contribution in [-0.4, -0.2) is 17.8 Å². The van der Waals surface area contributed by atoms with Crippen molar-refractivity contribution >= 4 is 22.5 Å². The molecule has 4 nitrogen and oxygen atoms in total. The van der Waals surface area contributed by atoms with E-state index in [-0.39, 0.29) is 33.4 Å². The number of aromatic nitrogens is 1. The van der Waals surface area contributed by atoms with Gasteiger partial charge in [0.25, 0.3) is 0 Å². The van der Waals surface area contributed by atoms with Crippen LogP contribution in [0.1, 0.15) is 5.56 Å². The first-order valence-electron chi connectivity index (χ1n) is 9.92. The summed E-state index contributed by atoms with van der Waals surface area (Å²) in [6, 6.07) is 17.1. The molecule has 31 heavy (non-hydrogen) atoms. The predicted molar refractivity (Wildman–Crippen MR) is 121 cm³/mol. The Hall–Kier alpha value is -2.35. The van der Waals surface area contributed by atoms with Gasteiger partial charge in [-0.1, -0.05) is 18.2 Å². The minimum Gasteiger partial charge on any atom is -0.0620 e. The van der Waals surface area contributed by atoms with Crippen molar-refractivity contribution < 1.29 is 30.7 Å². The fourth-order valence-corrected chi connectivity index (χ4v) is 4.98. The predicted octanol–water partition coefficient (Wildman–Crippen LogP) is 2.31. The summed E-state index contributed by atoms with van der Waals surface area (Å²) in [7, 11) is 0. The summed E-state index contributed by atoms with van der Waals surface area (Å²) in [5.41, 5.74) is 2.50. The fraction of sp³-hybridized carbons (Fsp3) is 0.160. The molecule has 1 aliphatic rings. The fourth-order valence-electron chi connectivity index (χ4n) is 3.28. The van der Waals surface area contributed by atoms with Crippen molar-refractivity contribution in [2.45, 2.75) is 13.2 Å². The SMILES string of the molecule is O=c1c(COCC2=C[I-]C=CC=C2)cc2ccc(Cl)cc2n1CCOc1ccccc1. The van der Waals surface area contributed by atoms with Crippen LogP contribution in [0.2, 0.25) is 5.02 Å². The number of halogens is 2. The number of benzene rings is 2. The maximum absolute atomic E-state index is 13.2. The van der Waals surface area contributed by atoms with E-state index in [1.807, 2.05) is 60.7 Å². The van der Waals surface area contributed by atoms with Crippen LogP contribution in [0.4, 0.5) is 0 Å². The van der Waals surface area contributed by atoms with Gasteiger partial charge in [-0.05, 0) is 12.1 Å². The van der Waals surface area contributed by atoms with Crippen LogP contribution >= 0.6 is 11.6 Å². The van der Waals surface area contributed by atoms with Crippen molar-refractivity contribution in [1.82, 2.24) is 4.57 Å². The summed E-state index contributed by atoms with van der Waals surface area (Å²) < 4.78 is 17.9. The second-order valence-electron chi connectivity index (χ2n) is 6.97. The molecule has 2 aromatic carbocycles. The summed E-state index contributed by atoms with van der Waals surface area (Å²) in [4.78, 5) is 13.2. The molecule has 6 heteroatoms. The van der Waals surface area contributed by atoms with E-state index >= 15 is 0 Å². The normalized spacial score (nSPS) is 13.5. The standard InChI is InChI=1S/C25H22ClINO3/c26-22-10-9-20-14-21(18-30-17-19-6-4-5-11-27-16-19)25(29)28(24(20)15-22)12-13-31-23-7-2-1-3-8-23/h1-11,14-16H,12-13,17-18H2/q-1. The zero-order chi connectivity index (χ0) is 21.5. The van der Waals surface area contributed by atoms with E-state index < -0.39 is 0 Å². The van der Waals surface area contributed by atoms with Crippen LogP contribution in [-0.2, 0) is 17.9 Å². The number of para-hydroxylation sites is 1. The first-order valence-corrected chi connectivity index (χ1v) is 12.8. The second-order valence-corrected chi connectivity index (χ2v) is 9.47. The molecule has 2 heterocycles. The molecule has 3 aromatic rings. The van der Waals surface area contributed by atoms with E-state index in [2.05, 4.69) is 20.3 Å². The number of fused-ring (bicyclic) bond motifs is 1. The first-order chi connectivity index (χ1) is 15.2. The van der Waals surface area contributed by atoms with Gasteiger partial charge in [0.2, 0.25) is 0 Å². The Morgan fingerprint density at radius 3 is 2.74 bits per heavy atom. The van der Waals surface area contributed by atoms with Gasteiger partial charge >= 0.3 is 167 Å². The Labute approximate surface area is 196 Å². The van der Waals surface area contributed by atoms with Gasteiger partial charge in [0.15, 0.2) is 0 Å². The van der Waals surface area contributed by atoms with E-state index in [0.29, 0.717) is 30.3 Å². The molecule has 0 fully saturated rings. The molecule has 0 bridgehead atoms. The third-order valence-electron chi connectivity index (χ3n) is 4.76. The van der Waals surface area contributed by atoms with Crippen LogP contribution in [0.5, 0.6) is 5.75 Å². The third kappa shape index (κ3) is 5.87. The maximum atomic E-state index is 13.2. The Kier molecular flexibility index (Phi) is 7.61. The molecule has 0 saturated carbocycles. The van der Waals surface area contributed by atoms with Crippen molar-refractivity contribution in [3.63, 3.8) is 0 Å². The van der Waals surface area contributed by atoms with E-state index in [4.69, 9.17) is 21.1 Å². The molecule has 0 spiro atoms. The number of hydrogen-bond acceptors (Lipinski definition) is 3. The number of hydrogen-bond donors (Lipinski definition) is 0. The van der Waals surface area contributed by atoms with Crippen LogP contribution in [0.3, 0.4) is 0 Å². The Balaban J connectivity index is 1.53. The van der Waals surface area contributed by atoms with Gasteiger partial charge in [-0.25, -0.2) is 0 Å². The molecule has 160 valence electrons. The minimum absolute atomic E-state index is 0.0691. The molecular weight excluding hydrogens is 525 g/mol. The molecule has 4 rings (SSSR count). The van der Waals surface area contributed by atoms with E-state index in [1.165, 1.54) is 0 Å². The van der Waals surface area contributed by atoms with E-state index in [0.717, 1.165) is 22.2 Å². The summed E-state index contributed by atoms with van der Waals surface area (Å²) in [6.07, 6.45) is 6.16. The average Bonchev–Trinajstić information content (AvgIpc) is 3.06. The second kappa shape index (κ2) is 10.8. The first kappa shape index (κ1) is 21.9. The smallest absolute Gasteiger partial charge is 0.0620 e. The van der Waals surface area contributed by atoms with Crippen molar-refractivity contribution in [3.8, 4) is 5.75 Å². The minimum atomic E-state index is -0.0779. The van der Waals surface area contributed by atoms with Crippen LogP contribution in [0.25, 0.3) is 10.9 Å². The monoisotopic (exact) mass is 546 g/mol. The van der Waals surface area contributed by atoms with Gasteiger partial charge in [0.05, 0.1) is 0 Å². The molecule has 0 aliphatic carbocycles. The molecule has 0 atom stereocenters. The van der Waals surface area contributed by atoms with Crippen LogP contribution in [0, 0.1) is 0 Å². The zero-order valence-electron chi connectivity index (χ0n) is 16.8. The number of pyridine rings is 1.